The van der Waals surface area contributed by atoms with Crippen molar-refractivity contribution in [2.45, 2.75) is 13.3 Å². The van der Waals surface area contributed by atoms with Gasteiger partial charge in [-0.05, 0) is 0 Å². The second-order valence-corrected chi connectivity index (χ2v) is 3.20. The molecule has 2 nitrogen and oxygen atoms in total. The van der Waals surface area contributed by atoms with Gasteiger partial charge in [0.1, 0.15) is 12.5 Å². The molecule has 0 saturated carbocycles. The Morgan fingerprint density at radius 2 is 2.12 bits per heavy atom. The Labute approximate surface area is 52.8 Å². The molecule has 0 heterocycles. The minimum absolute atomic E-state index is 0.113. The predicted octanol–water partition coefficient (Wildman–Crippen LogP) is 0.732. The second-order valence-electron chi connectivity index (χ2n) is 1.55. The predicted molar refractivity (Wildman–Crippen MR) is 35.6 cm³/mol. The van der Waals surface area contributed by atoms with Crippen LogP contribution in [0.1, 0.15) is 13.3 Å². The van der Waals surface area contributed by atoms with Crippen LogP contribution >= 0.6 is 0 Å². The molecule has 0 bridgehead atoms. The molecule has 0 fully saturated rings. The van der Waals surface area contributed by atoms with Crippen LogP contribution in [0, 0.1) is 0 Å². The van der Waals surface area contributed by atoms with Crippen molar-refractivity contribution in [2.24, 2.45) is 0 Å². The van der Waals surface area contributed by atoms with E-state index in [0.29, 0.717) is 6.42 Å². The number of carbonyl (C=O) groups is 1. The average Bonchev–Trinajstić information content (AvgIpc) is 1.65. The summed E-state index contributed by atoms with van der Waals surface area (Å²) < 4.78 is 4.79. The molecule has 0 rings (SSSR count). The Morgan fingerprint density at radius 3 is 2.25 bits per heavy atom. The Balaban J connectivity index is 3.25. The maximum atomic E-state index is 10.4. The lowest BCUT2D eigenvalue weighted by Gasteiger charge is -1.91. The molecule has 0 aromatic carbocycles. The van der Waals surface area contributed by atoms with Crippen molar-refractivity contribution >= 4 is 17.1 Å². The van der Waals surface area contributed by atoms with Crippen LogP contribution in [-0.4, -0.2) is 18.5 Å². The molecule has 0 aromatic heterocycles. The summed E-state index contributed by atoms with van der Waals surface area (Å²) in [5.74, 6) is -0.113. The summed E-state index contributed by atoms with van der Waals surface area (Å²) in [6.45, 7) is 1.79. The summed E-state index contributed by atoms with van der Waals surface area (Å²) in [5, 5.41) is 0. The zero-order valence-corrected chi connectivity index (χ0v) is 6.25. The SMILES string of the molecule is CCC(=O)O[S+](C)C. The zero-order valence-electron chi connectivity index (χ0n) is 5.43. The second kappa shape index (κ2) is 3.78. The summed E-state index contributed by atoms with van der Waals surface area (Å²) in [6.07, 6.45) is 4.21. The van der Waals surface area contributed by atoms with Gasteiger partial charge in [-0.15, -0.1) is 0 Å². The molecule has 0 aliphatic heterocycles. The molecular formula is C5H11O2S+. The first-order chi connectivity index (χ1) is 3.66. The van der Waals surface area contributed by atoms with Crippen LogP contribution in [0.2, 0.25) is 0 Å². The Bertz CT molecular complexity index is 80.5. The Hall–Kier alpha value is -0.180. The third-order valence-corrected chi connectivity index (χ3v) is 1.07. The molecule has 0 aliphatic carbocycles. The smallest absolute Gasteiger partial charge is 0.249 e. The van der Waals surface area contributed by atoms with Crippen molar-refractivity contribution in [3.05, 3.63) is 0 Å². The largest absolute Gasteiger partial charge is 0.363 e. The fourth-order valence-corrected chi connectivity index (χ4v) is 0.734. The van der Waals surface area contributed by atoms with Gasteiger partial charge < -0.3 is 0 Å². The molecule has 0 N–H and O–H groups in total. The van der Waals surface area contributed by atoms with Crippen molar-refractivity contribution in [1.29, 1.82) is 0 Å². The Kier molecular flexibility index (Phi) is 3.69. The quantitative estimate of drug-likeness (QED) is 0.522. The van der Waals surface area contributed by atoms with E-state index in [2.05, 4.69) is 0 Å². The maximum absolute atomic E-state index is 10.4. The highest BCUT2D eigenvalue weighted by molar-refractivity contribution is 7.91. The number of carbonyl (C=O) groups excluding carboxylic acids is 1. The fraction of sp³-hybridized carbons (Fsp3) is 0.800. The number of rotatable bonds is 2. The molecule has 0 aromatic rings. The minimum Gasteiger partial charge on any atom is -0.249 e. The summed E-state index contributed by atoms with van der Waals surface area (Å²) in [6, 6.07) is 0. The third kappa shape index (κ3) is 3.99. The molecule has 48 valence electrons. The third-order valence-electron chi connectivity index (χ3n) is 0.548. The first kappa shape index (κ1) is 7.82. The lowest BCUT2D eigenvalue weighted by atomic mass is 10.5. The van der Waals surface area contributed by atoms with Gasteiger partial charge in [-0.2, -0.15) is 0 Å². The van der Waals surface area contributed by atoms with Gasteiger partial charge >= 0.3 is 5.97 Å². The van der Waals surface area contributed by atoms with Crippen LogP contribution in [0.25, 0.3) is 0 Å². The van der Waals surface area contributed by atoms with Crippen LogP contribution in [0.15, 0.2) is 0 Å². The van der Waals surface area contributed by atoms with Crippen LogP contribution < -0.4 is 0 Å². The highest BCUT2D eigenvalue weighted by atomic mass is 32.2. The van der Waals surface area contributed by atoms with E-state index in [4.69, 9.17) is 4.18 Å². The van der Waals surface area contributed by atoms with Gasteiger partial charge in [-0.3, -0.25) is 0 Å². The van der Waals surface area contributed by atoms with E-state index in [1.54, 1.807) is 6.92 Å². The molecule has 0 unspecified atom stereocenters. The monoisotopic (exact) mass is 135 g/mol. The van der Waals surface area contributed by atoms with Gasteiger partial charge in [-0.1, -0.05) is 6.92 Å². The van der Waals surface area contributed by atoms with Gasteiger partial charge in [-0.25, -0.2) is 8.98 Å². The van der Waals surface area contributed by atoms with Crippen molar-refractivity contribution in [2.75, 3.05) is 12.5 Å². The van der Waals surface area contributed by atoms with Crippen LogP contribution in [0.3, 0.4) is 0 Å². The standard InChI is InChI=1S/C5H11O2S/c1-4-5(6)7-8(2)3/h4H2,1-3H3/q+1. The van der Waals surface area contributed by atoms with Crippen LogP contribution in [0.4, 0.5) is 0 Å². The van der Waals surface area contributed by atoms with Crippen molar-refractivity contribution in [3.8, 4) is 0 Å². The molecule has 8 heavy (non-hydrogen) atoms. The Morgan fingerprint density at radius 1 is 1.62 bits per heavy atom. The van der Waals surface area contributed by atoms with Gasteiger partial charge in [0.25, 0.3) is 0 Å². The lowest BCUT2D eigenvalue weighted by Crippen LogP contribution is -2.08. The molecular weight excluding hydrogens is 124 g/mol. The van der Waals surface area contributed by atoms with Gasteiger partial charge in [0, 0.05) is 6.42 Å². The highest BCUT2D eigenvalue weighted by Crippen LogP contribution is 1.90. The van der Waals surface area contributed by atoms with Crippen molar-refractivity contribution in [3.63, 3.8) is 0 Å². The zero-order chi connectivity index (χ0) is 6.57. The van der Waals surface area contributed by atoms with Gasteiger partial charge in [0.2, 0.25) is 0 Å². The minimum atomic E-state index is -0.195. The first-order valence-electron chi connectivity index (χ1n) is 2.45. The maximum Gasteiger partial charge on any atom is 0.363 e. The molecule has 0 saturated heterocycles. The van der Waals surface area contributed by atoms with E-state index in [9.17, 15) is 4.79 Å². The van der Waals surface area contributed by atoms with E-state index in [0.717, 1.165) is 0 Å². The first-order valence-corrected chi connectivity index (χ1v) is 4.42. The van der Waals surface area contributed by atoms with Crippen LogP contribution in [0.5, 0.6) is 0 Å². The van der Waals surface area contributed by atoms with Crippen molar-refractivity contribution in [1.82, 2.24) is 0 Å². The molecule has 0 radical (unpaired) electrons. The average molecular weight is 135 g/mol. The van der Waals surface area contributed by atoms with Gasteiger partial charge in [0.15, 0.2) is 11.2 Å². The number of hydrogen-bond acceptors (Lipinski definition) is 2. The molecule has 0 atom stereocenters. The summed E-state index contributed by atoms with van der Waals surface area (Å²) in [4.78, 5) is 10.4. The number of hydrogen-bond donors (Lipinski definition) is 0. The summed E-state index contributed by atoms with van der Waals surface area (Å²) in [7, 11) is 0. The summed E-state index contributed by atoms with van der Waals surface area (Å²) in [5.41, 5.74) is 0. The molecule has 3 heteroatoms. The van der Waals surface area contributed by atoms with E-state index >= 15 is 0 Å². The topological polar surface area (TPSA) is 26.3 Å². The van der Waals surface area contributed by atoms with E-state index in [-0.39, 0.29) is 17.1 Å². The van der Waals surface area contributed by atoms with Crippen LogP contribution in [-0.2, 0) is 20.2 Å². The van der Waals surface area contributed by atoms with Crippen molar-refractivity contribution < 1.29 is 8.98 Å². The van der Waals surface area contributed by atoms with E-state index < -0.39 is 0 Å². The highest BCUT2D eigenvalue weighted by Gasteiger charge is 2.08. The summed E-state index contributed by atoms with van der Waals surface area (Å²) >= 11 is -0.195. The molecule has 0 aliphatic rings. The van der Waals surface area contributed by atoms with Gasteiger partial charge in [0.05, 0.1) is 0 Å². The fourth-order valence-electron chi connectivity index (χ4n) is 0.245. The normalized spacial score (nSPS) is 9.50. The van der Waals surface area contributed by atoms with E-state index in [1.165, 1.54) is 0 Å². The molecule has 0 amide bonds. The lowest BCUT2D eigenvalue weighted by molar-refractivity contribution is -0.132. The van der Waals surface area contributed by atoms with E-state index in [1.807, 2.05) is 12.5 Å². The molecule has 0 spiro atoms.